The number of ether oxygens (including phenoxy) is 1. The van der Waals surface area contributed by atoms with E-state index >= 15 is 0 Å². The number of carbonyl (C=O) groups excluding carboxylic acids is 1. The van der Waals surface area contributed by atoms with Gasteiger partial charge in [-0.2, -0.15) is 0 Å². The number of carbonyl (C=O) groups is 1. The zero-order valence-electron chi connectivity index (χ0n) is 15.7. The number of hydrogen-bond donors (Lipinski definition) is 1. The Kier molecular flexibility index (Phi) is 5.64. The first kappa shape index (κ1) is 18.6. The third-order valence-electron chi connectivity index (χ3n) is 4.92. The Morgan fingerprint density at radius 3 is 2.79 bits per heavy atom. The van der Waals surface area contributed by atoms with Crippen LogP contribution >= 0.6 is 11.3 Å². The summed E-state index contributed by atoms with van der Waals surface area (Å²) in [4.78, 5) is 24.7. The normalized spacial score (nSPS) is 16.3. The number of rotatable bonds is 6. The highest BCUT2D eigenvalue weighted by Crippen LogP contribution is 2.25. The molecule has 1 atom stereocenters. The standard InChI is InChI=1S/C21H22N4O2S/c1-27-17-8-11-25(14-17)16-6-4-15(5-7-16)21(26)24-13-18-20(23-10-9-22-18)19-3-2-12-28-19/h2-7,9-10,12,17H,8,11,13-14H2,1H3,(H,24,26). The van der Waals surface area contributed by atoms with Gasteiger partial charge in [-0.1, -0.05) is 6.07 Å². The molecule has 1 N–H and O–H groups in total. The first-order valence-corrected chi connectivity index (χ1v) is 10.1. The van der Waals surface area contributed by atoms with Gasteiger partial charge >= 0.3 is 0 Å². The van der Waals surface area contributed by atoms with Gasteiger partial charge in [0.25, 0.3) is 5.91 Å². The van der Waals surface area contributed by atoms with E-state index in [0.717, 1.165) is 41.5 Å². The quantitative estimate of drug-likeness (QED) is 0.694. The maximum atomic E-state index is 12.6. The number of aromatic nitrogens is 2. The molecule has 2 aromatic heterocycles. The number of thiophene rings is 1. The Balaban J connectivity index is 1.40. The first-order chi connectivity index (χ1) is 13.7. The monoisotopic (exact) mass is 394 g/mol. The zero-order chi connectivity index (χ0) is 19.3. The van der Waals surface area contributed by atoms with Crippen LogP contribution in [-0.4, -0.2) is 42.2 Å². The molecule has 28 heavy (non-hydrogen) atoms. The third kappa shape index (κ3) is 4.05. The molecule has 0 bridgehead atoms. The largest absolute Gasteiger partial charge is 0.380 e. The second kappa shape index (κ2) is 8.50. The molecule has 1 aromatic carbocycles. The lowest BCUT2D eigenvalue weighted by Crippen LogP contribution is -2.24. The highest BCUT2D eigenvalue weighted by Gasteiger charge is 2.22. The predicted molar refractivity (Wildman–Crippen MR) is 111 cm³/mol. The van der Waals surface area contributed by atoms with Crippen LogP contribution in [0.2, 0.25) is 0 Å². The number of nitrogens with zero attached hydrogens (tertiary/aromatic N) is 3. The molecule has 0 aliphatic carbocycles. The molecule has 1 unspecified atom stereocenters. The summed E-state index contributed by atoms with van der Waals surface area (Å²) in [6.45, 7) is 2.20. The van der Waals surface area contributed by atoms with Crippen LogP contribution in [0.3, 0.4) is 0 Å². The van der Waals surface area contributed by atoms with Crippen molar-refractivity contribution in [3.05, 3.63) is 65.4 Å². The average Bonchev–Trinajstić information content (AvgIpc) is 3.44. The van der Waals surface area contributed by atoms with E-state index in [1.165, 1.54) is 0 Å². The summed E-state index contributed by atoms with van der Waals surface area (Å²) in [5.41, 5.74) is 3.32. The molecule has 144 valence electrons. The van der Waals surface area contributed by atoms with Gasteiger partial charge in [0.15, 0.2) is 0 Å². The Labute approximate surface area is 168 Å². The lowest BCUT2D eigenvalue weighted by atomic mass is 10.1. The van der Waals surface area contributed by atoms with Crippen LogP contribution in [-0.2, 0) is 11.3 Å². The van der Waals surface area contributed by atoms with Gasteiger partial charge in [0.2, 0.25) is 0 Å². The van der Waals surface area contributed by atoms with Gasteiger partial charge in [0.1, 0.15) is 5.69 Å². The van der Waals surface area contributed by atoms with Crippen molar-refractivity contribution < 1.29 is 9.53 Å². The van der Waals surface area contributed by atoms with E-state index in [-0.39, 0.29) is 12.0 Å². The van der Waals surface area contributed by atoms with E-state index < -0.39 is 0 Å². The van der Waals surface area contributed by atoms with Gasteiger partial charge in [-0.3, -0.25) is 14.8 Å². The van der Waals surface area contributed by atoms with E-state index in [1.807, 2.05) is 41.8 Å². The molecule has 1 aliphatic rings. The molecule has 0 saturated carbocycles. The minimum absolute atomic E-state index is 0.120. The van der Waals surface area contributed by atoms with E-state index in [1.54, 1.807) is 30.8 Å². The Morgan fingerprint density at radius 2 is 2.07 bits per heavy atom. The second-order valence-electron chi connectivity index (χ2n) is 6.65. The fourth-order valence-electron chi connectivity index (χ4n) is 3.36. The molecule has 1 fully saturated rings. The summed E-state index contributed by atoms with van der Waals surface area (Å²) < 4.78 is 5.42. The third-order valence-corrected chi connectivity index (χ3v) is 5.79. The number of anilines is 1. The first-order valence-electron chi connectivity index (χ1n) is 9.24. The molecular formula is C21H22N4O2S. The van der Waals surface area contributed by atoms with Gasteiger partial charge in [0, 0.05) is 43.8 Å². The van der Waals surface area contributed by atoms with Crippen LogP contribution in [0.4, 0.5) is 5.69 Å². The summed E-state index contributed by atoms with van der Waals surface area (Å²) in [6.07, 6.45) is 4.64. The highest BCUT2D eigenvalue weighted by atomic mass is 32.1. The molecule has 4 rings (SSSR count). The molecular weight excluding hydrogens is 372 g/mol. The number of hydrogen-bond acceptors (Lipinski definition) is 6. The lowest BCUT2D eigenvalue weighted by molar-refractivity contribution is 0.0950. The van der Waals surface area contributed by atoms with Crippen molar-refractivity contribution in [3.63, 3.8) is 0 Å². The van der Waals surface area contributed by atoms with Gasteiger partial charge in [0.05, 0.1) is 23.2 Å². The molecule has 0 spiro atoms. The number of methoxy groups -OCH3 is 1. The number of amides is 1. The lowest BCUT2D eigenvalue weighted by Gasteiger charge is -2.18. The van der Waals surface area contributed by atoms with Crippen LogP contribution in [0.15, 0.2) is 54.2 Å². The second-order valence-corrected chi connectivity index (χ2v) is 7.60. The molecule has 3 heterocycles. The smallest absolute Gasteiger partial charge is 0.251 e. The van der Waals surface area contributed by atoms with Crippen molar-refractivity contribution in [1.29, 1.82) is 0 Å². The summed E-state index contributed by atoms with van der Waals surface area (Å²) in [5.74, 6) is -0.120. The van der Waals surface area contributed by atoms with Crippen LogP contribution in [0.25, 0.3) is 10.6 Å². The maximum Gasteiger partial charge on any atom is 0.251 e. The molecule has 0 radical (unpaired) electrons. The predicted octanol–water partition coefficient (Wildman–Crippen LogP) is 3.36. The summed E-state index contributed by atoms with van der Waals surface area (Å²) in [5, 5.41) is 4.96. The van der Waals surface area contributed by atoms with Crippen LogP contribution in [0, 0.1) is 0 Å². The van der Waals surface area contributed by atoms with E-state index in [2.05, 4.69) is 20.2 Å². The molecule has 1 aliphatic heterocycles. The average molecular weight is 395 g/mol. The van der Waals surface area contributed by atoms with Crippen molar-refractivity contribution in [3.8, 4) is 10.6 Å². The fourth-order valence-corrected chi connectivity index (χ4v) is 4.10. The highest BCUT2D eigenvalue weighted by molar-refractivity contribution is 7.13. The fraction of sp³-hybridized carbons (Fsp3) is 0.286. The van der Waals surface area contributed by atoms with Gasteiger partial charge < -0.3 is 15.0 Å². The maximum absolute atomic E-state index is 12.6. The van der Waals surface area contributed by atoms with Crippen LogP contribution in [0.5, 0.6) is 0 Å². The summed E-state index contributed by atoms with van der Waals surface area (Å²) in [7, 11) is 1.75. The number of benzene rings is 1. The van der Waals surface area contributed by atoms with Crippen molar-refractivity contribution in [2.75, 3.05) is 25.1 Å². The molecule has 3 aromatic rings. The minimum Gasteiger partial charge on any atom is -0.380 e. The Hall–Kier alpha value is -2.77. The SMILES string of the molecule is COC1CCN(c2ccc(C(=O)NCc3nccnc3-c3cccs3)cc2)C1. The topological polar surface area (TPSA) is 67.3 Å². The van der Waals surface area contributed by atoms with Crippen molar-refractivity contribution in [1.82, 2.24) is 15.3 Å². The number of nitrogens with one attached hydrogen (secondary N) is 1. The van der Waals surface area contributed by atoms with E-state index in [4.69, 9.17) is 4.74 Å². The Bertz CT molecular complexity index is 928. The molecule has 1 saturated heterocycles. The van der Waals surface area contributed by atoms with Crippen molar-refractivity contribution in [2.45, 2.75) is 19.1 Å². The molecule has 1 amide bonds. The van der Waals surface area contributed by atoms with Gasteiger partial charge in [-0.15, -0.1) is 11.3 Å². The molecule has 6 nitrogen and oxygen atoms in total. The van der Waals surface area contributed by atoms with Crippen LogP contribution < -0.4 is 10.2 Å². The Morgan fingerprint density at radius 1 is 1.25 bits per heavy atom. The van der Waals surface area contributed by atoms with Gasteiger partial charge in [-0.25, -0.2) is 0 Å². The summed E-state index contributed by atoms with van der Waals surface area (Å²) >= 11 is 1.61. The minimum atomic E-state index is -0.120. The van der Waals surface area contributed by atoms with Crippen LogP contribution in [0.1, 0.15) is 22.5 Å². The van der Waals surface area contributed by atoms with E-state index in [9.17, 15) is 4.79 Å². The van der Waals surface area contributed by atoms with Gasteiger partial charge in [-0.05, 0) is 42.1 Å². The van der Waals surface area contributed by atoms with E-state index in [0.29, 0.717) is 12.1 Å². The van der Waals surface area contributed by atoms with Crippen molar-refractivity contribution in [2.24, 2.45) is 0 Å². The zero-order valence-corrected chi connectivity index (χ0v) is 16.5. The summed E-state index contributed by atoms with van der Waals surface area (Å²) in [6, 6.07) is 11.7. The molecule has 7 heteroatoms. The van der Waals surface area contributed by atoms with Crippen molar-refractivity contribution >= 4 is 22.9 Å².